The zero-order chi connectivity index (χ0) is 11.7. The molecule has 1 aromatic heterocycles. The van der Waals surface area contributed by atoms with Crippen LogP contribution in [0.1, 0.15) is 11.8 Å². The molecule has 2 rings (SSSR count). The first kappa shape index (κ1) is 11.2. The van der Waals surface area contributed by atoms with E-state index in [0.717, 1.165) is 11.0 Å². The van der Waals surface area contributed by atoms with E-state index in [-0.39, 0.29) is 6.42 Å². The van der Waals surface area contributed by atoms with Gasteiger partial charge in [-0.1, -0.05) is 12.1 Å². The van der Waals surface area contributed by atoms with Gasteiger partial charge < -0.3 is 14.7 Å². The van der Waals surface area contributed by atoms with Crippen molar-refractivity contribution in [2.75, 3.05) is 0 Å². The molecule has 0 saturated heterocycles. The summed E-state index contributed by atoms with van der Waals surface area (Å²) in [6.45, 7) is 0. The topological polar surface area (TPSA) is 58.0 Å². The predicted molar refractivity (Wildman–Crippen MR) is 67.4 cm³/mol. The van der Waals surface area contributed by atoms with Crippen molar-refractivity contribution in [3.8, 4) is 0 Å². The van der Waals surface area contributed by atoms with Crippen molar-refractivity contribution < 1.29 is 9.90 Å². The van der Waals surface area contributed by atoms with Gasteiger partial charge in [0.1, 0.15) is 0 Å². The van der Waals surface area contributed by atoms with E-state index in [9.17, 15) is 4.79 Å². The maximum Gasteiger partial charge on any atom is 0.306 e. The first-order valence-corrected chi connectivity index (χ1v) is 5.61. The maximum absolute atomic E-state index is 10.6. The van der Waals surface area contributed by atoms with Crippen LogP contribution < -0.4 is 0 Å². The molecule has 0 radical (unpaired) electrons. The van der Waals surface area contributed by atoms with Gasteiger partial charge in [-0.05, 0) is 24.4 Å². The second-order valence-electron chi connectivity index (χ2n) is 3.40. The average Bonchev–Trinajstić information content (AvgIpc) is 2.52. The molecule has 0 bridgehead atoms. The molecule has 1 unspecified atom stereocenters. The van der Waals surface area contributed by atoms with E-state index in [2.05, 4.69) is 17.6 Å². The Morgan fingerprint density at radius 1 is 1.56 bits per heavy atom. The summed E-state index contributed by atoms with van der Waals surface area (Å²) in [5, 5.41) is 8.28. The molecular weight excluding hydrogens is 244 g/mol. The average molecular weight is 254 g/mol. The number of aromatic nitrogens is 2. The summed E-state index contributed by atoms with van der Waals surface area (Å²) in [7, 11) is 0. The van der Waals surface area contributed by atoms with Gasteiger partial charge in [0.15, 0.2) is 4.77 Å². The summed E-state index contributed by atoms with van der Waals surface area (Å²) in [6, 6.07) is 7.54. The van der Waals surface area contributed by atoms with Gasteiger partial charge in [0, 0.05) is 0 Å². The minimum atomic E-state index is -0.896. The SMILES string of the molecule is O=C(O)CC(S)n1c(=S)[nH]c2ccccc21. The van der Waals surface area contributed by atoms with Crippen molar-refractivity contribution in [2.45, 2.75) is 11.8 Å². The molecule has 84 valence electrons. The molecule has 0 saturated carbocycles. The van der Waals surface area contributed by atoms with Crippen molar-refractivity contribution in [1.29, 1.82) is 0 Å². The molecule has 2 aromatic rings. The van der Waals surface area contributed by atoms with Gasteiger partial charge in [-0.2, -0.15) is 12.6 Å². The summed E-state index contributed by atoms with van der Waals surface area (Å²) < 4.78 is 2.20. The first-order valence-electron chi connectivity index (χ1n) is 4.68. The van der Waals surface area contributed by atoms with Crippen molar-refractivity contribution in [3.05, 3.63) is 29.0 Å². The summed E-state index contributed by atoms with van der Waals surface area (Å²) >= 11 is 9.41. The van der Waals surface area contributed by atoms with Crippen LogP contribution in [0.2, 0.25) is 0 Å². The predicted octanol–water partition coefficient (Wildman–Crippen LogP) is 2.60. The Morgan fingerprint density at radius 2 is 2.25 bits per heavy atom. The van der Waals surface area contributed by atoms with E-state index in [1.165, 1.54) is 0 Å². The van der Waals surface area contributed by atoms with E-state index in [1.54, 1.807) is 4.57 Å². The Kier molecular flexibility index (Phi) is 3.02. The number of H-pyrrole nitrogens is 1. The lowest BCUT2D eigenvalue weighted by molar-refractivity contribution is -0.137. The lowest BCUT2D eigenvalue weighted by Crippen LogP contribution is -2.08. The van der Waals surface area contributed by atoms with Gasteiger partial charge in [-0.25, -0.2) is 0 Å². The number of imidazole rings is 1. The number of aromatic amines is 1. The van der Waals surface area contributed by atoms with Crippen LogP contribution in [0.15, 0.2) is 24.3 Å². The third-order valence-corrected chi connectivity index (χ3v) is 2.99. The second kappa shape index (κ2) is 4.31. The highest BCUT2D eigenvalue weighted by atomic mass is 32.1. The van der Waals surface area contributed by atoms with Crippen LogP contribution in [0.4, 0.5) is 0 Å². The molecule has 0 spiro atoms. The highest BCUT2D eigenvalue weighted by molar-refractivity contribution is 7.80. The fourth-order valence-corrected chi connectivity index (χ4v) is 2.43. The van der Waals surface area contributed by atoms with Crippen LogP contribution in [0, 0.1) is 4.77 Å². The van der Waals surface area contributed by atoms with Crippen molar-refractivity contribution in [1.82, 2.24) is 9.55 Å². The number of hydrogen-bond donors (Lipinski definition) is 3. The Labute approximate surface area is 102 Å². The lowest BCUT2D eigenvalue weighted by Gasteiger charge is -2.10. The molecule has 0 fully saturated rings. The van der Waals surface area contributed by atoms with Gasteiger partial charge in [-0.3, -0.25) is 4.79 Å². The molecule has 0 aliphatic heterocycles. The lowest BCUT2D eigenvalue weighted by atomic mass is 10.3. The number of aliphatic carboxylic acids is 1. The minimum absolute atomic E-state index is 0.0702. The number of para-hydroxylation sites is 2. The molecule has 2 N–H and O–H groups in total. The Hall–Kier alpha value is -1.27. The fraction of sp³-hybridized carbons (Fsp3) is 0.200. The van der Waals surface area contributed by atoms with Crippen LogP contribution >= 0.6 is 24.8 Å². The third kappa shape index (κ3) is 1.98. The number of rotatable bonds is 3. The van der Waals surface area contributed by atoms with E-state index >= 15 is 0 Å². The molecule has 0 aliphatic carbocycles. The van der Waals surface area contributed by atoms with Crippen molar-refractivity contribution >= 4 is 41.8 Å². The molecule has 1 aromatic carbocycles. The highest BCUT2D eigenvalue weighted by Crippen LogP contribution is 2.23. The van der Waals surface area contributed by atoms with E-state index in [4.69, 9.17) is 17.3 Å². The monoisotopic (exact) mass is 254 g/mol. The van der Waals surface area contributed by atoms with Gasteiger partial charge in [0.05, 0.1) is 22.8 Å². The molecular formula is C10H10N2O2S2. The molecule has 0 aliphatic rings. The van der Waals surface area contributed by atoms with Gasteiger partial charge in [-0.15, -0.1) is 0 Å². The van der Waals surface area contributed by atoms with E-state index in [0.29, 0.717) is 4.77 Å². The van der Waals surface area contributed by atoms with Crippen molar-refractivity contribution in [2.24, 2.45) is 0 Å². The number of fused-ring (bicyclic) bond motifs is 1. The van der Waals surface area contributed by atoms with Crippen LogP contribution in [-0.2, 0) is 4.79 Å². The number of benzene rings is 1. The molecule has 6 heteroatoms. The zero-order valence-electron chi connectivity index (χ0n) is 8.25. The molecule has 16 heavy (non-hydrogen) atoms. The van der Waals surface area contributed by atoms with Crippen LogP contribution in [0.25, 0.3) is 11.0 Å². The van der Waals surface area contributed by atoms with Crippen LogP contribution in [0.5, 0.6) is 0 Å². The first-order chi connectivity index (χ1) is 7.59. The zero-order valence-corrected chi connectivity index (χ0v) is 9.96. The largest absolute Gasteiger partial charge is 0.481 e. The summed E-state index contributed by atoms with van der Waals surface area (Å²) in [5.74, 6) is -0.896. The molecule has 1 heterocycles. The quantitative estimate of drug-likeness (QED) is 0.583. The Balaban J connectivity index is 2.55. The summed E-state index contributed by atoms with van der Waals surface area (Å²) in [4.78, 5) is 13.7. The fourth-order valence-electron chi connectivity index (χ4n) is 1.62. The minimum Gasteiger partial charge on any atom is -0.481 e. The standard InChI is InChI=1S/C10H10N2O2S2/c13-9(14)5-8(15)12-7-4-2-1-3-6(7)11-10(12)16/h1-4,8,15H,5H2,(H,11,16)(H,13,14). The summed E-state index contributed by atoms with van der Waals surface area (Å²) in [6.07, 6.45) is -0.0702. The number of thiol groups is 1. The van der Waals surface area contributed by atoms with Crippen LogP contribution in [0.3, 0.4) is 0 Å². The highest BCUT2D eigenvalue weighted by Gasteiger charge is 2.14. The maximum atomic E-state index is 10.6. The number of carbonyl (C=O) groups is 1. The number of nitrogens with zero attached hydrogens (tertiary/aromatic N) is 1. The van der Waals surface area contributed by atoms with Crippen molar-refractivity contribution in [3.63, 3.8) is 0 Å². The van der Waals surface area contributed by atoms with Gasteiger partial charge in [0.2, 0.25) is 0 Å². The smallest absolute Gasteiger partial charge is 0.306 e. The van der Waals surface area contributed by atoms with E-state index < -0.39 is 11.3 Å². The Bertz CT molecular complexity index is 588. The van der Waals surface area contributed by atoms with Gasteiger partial charge >= 0.3 is 5.97 Å². The number of nitrogens with one attached hydrogen (secondary N) is 1. The van der Waals surface area contributed by atoms with Crippen LogP contribution in [-0.4, -0.2) is 20.6 Å². The molecule has 0 amide bonds. The molecule has 1 atom stereocenters. The number of hydrogen-bond acceptors (Lipinski definition) is 3. The number of carboxylic acids is 1. The Morgan fingerprint density at radius 3 is 2.94 bits per heavy atom. The second-order valence-corrected chi connectivity index (χ2v) is 4.38. The number of carboxylic acid groups (broad SMARTS) is 1. The molecule has 4 nitrogen and oxygen atoms in total. The summed E-state index contributed by atoms with van der Waals surface area (Å²) in [5.41, 5.74) is 1.76. The van der Waals surface area contributed by atoms with Gasteiger partial charge in [0.25, 0.3) is 0 Å². The normalized spacial score (nSPS) is 12.8. The van der Waals surface area contributed by atoms with E-state index in [1.807, 2.05) is 24.3 Å². The third-order valence-electron chi connectivity index (χ3n) is 2.28.